The van der Waals surface area contributed by atoms with Crippen molar-refractivity contribution in [2.24, 2.45) is 0 Å². The molecule has 0 aliphatic rings. The van der Waals surface area contributed by atoms with Gasteiger partial charge in [-0.2, -0.15) is 0 Å². The van der Waals surface area contributed by atoms with E-state index in [2.05, 4.69) is 0 Å². The van der Waals surface area contributed by atoms with Gasteiger partial charge in [0.2, 0.25) is 0 Å². The number of rotatable bonds is 5. The Bertz CT molecular complexity index is 598. The number of carboxylic acid groups (broad SMARTS) is 1. The molecule has 0 radical (unpaired) electrons. The molecule has 0 saturated heterocycles. The van der Waals surface area contributed by atoms with Crippen LogP contribution in [0.5, 0.6) is 0 Å². The Morgan fingerprint density at radius 1 is 1.15 bits per heavy atom. The van der Waals surface area contributed by atoms with Gasteiger partial charge in [-0.25, -0.2) is 4.79 Å². The van der Waals surface area contributed by atoms with Crippen molar-refractivity contribution in [1.29, 1.82) is 0 Å². The third-order valence-corrected chi connectivity index (χ3v) is 4.13. The average Bonchev–Trinajstić information content (AvgIpc) is 2.46. The molecule has 1 unspecified atom stereocenters. The van der Waals surface area contributed by atoms with Gasteiger partial charge >= 0.3 is 5.97 Å². The molecule has 20 heavy (non-hydrogen) atoms. The first-order valence-corrected chi connectivity index (χ1v) is 7.33. The molecule has 0 aliphatic carbocycles. The Labute approximate surface area is 126 Å². The maximum absolute atomic E-state index is 10.6. The number of carboxylic acids is 1. The topological polar surface area (TPSA) is 57.5 Å². The van der Waals surface area contributed by atoms with Crippen LogP contribution in [0.4, 0.5) is 0 Å². The molecule has 0 heterocycles. The fourth-order valence-corrected chi connectivity index (χ4v) is 2.82. The molecule has 2 aromatic carbocycles. The normalized spacial score (nSPS) is 12.1. The van der Waals surface area contributed by atoms with Crippen molar-refractivity contribution in [3.63, 3.8) is 0 Å². The Morgan fingerprint density at radius 3 is 2.45 bits per heavy atom. The lowest BCUT2D eigenvalue weighted by Gasteiger charge is -2.10. The third kappa shape index (κ3) is 3.76. The molecule has 0 spiro atoms. The van der Waals surface area contributed by atoms with E-state index < -0.39 is 12.1 Å². The summed E-state index contributed by atoms with van der Waals surface area (Å²) in [4.78, 5) is 11.6. The van der Waals surface area contributed by atoms with Gasteiger partial charge in [-0.05, 0) is 29.3 Å². The van der Waals surface area contributed by atoms with Crippen molar-refractivity contribution in [2.75, 3.05) is 5.75 Å². The SMILES string of the molecule is O=C(O)C(O)CSc1ccccc1-c1ccc(Cl)cc1. The van der Waals surface area contributed by atoms with Crippen LogP contribution in [0.2, 0.25) is 5.02 Å². The molecule has 2 aromatic rings. The highest BCUT2D eigenvalue weighted by atomic mass is 35.5. The average molecular weight is 309 g/mol. The van der Waals surface area contributed by atoms with Crippen LogP contribution in [0.1, 0.15) is 0 Å². The predicted octanol–water partition coefficient (Wildman–Crippen LogP) is 3.54. The molecule has 0 aromatic heterocycles. The maximum Gasteiger partial charge on any atom is 0.333 e. The molecule has 0 aliphatic heterocycles. The van der Waals surface area contributed by atoms with Gasteiger partial charge in [-0.15, -0.1) is 11.8 Å². The monoisotopic (exact) mass is 308 g/mol. The zero-order valence-corrected chi connectivity index (χ0v) is 12.1. The molecule has 1 atom stereocenters. The second kappa shape index (κ2) is 6.79. The van der Waals surface area contributed by atoms with E-state index in [4.69, 9.17) is 16.7 Å². The second-order valence-corrected chi connectivity index (χ2v) is 5.67. The third-order valence-electron chi connectivity index (χ3n) is 2.72. The van der Waals surface area contributed by atoms with Crippen LogP contribution in [0.25, 0.3) is 11.1 Å². The van der Waals surface area contributed by atoms with Crippen molar-refractivity contribution in [3.05, 3.63) is 53.6 Å². The summed E-state index contributed by atoms with van der Waals surface area (Å²) >= 11 is 7.19. The molecule has 3 nitrogen and oxygen atoms in total. The van der Waals surface area contributed by atoms with Crippen LogP contribution >= 0.6 is 23.4 Å². The van der Waals surface area contributed by atoms with Gasteiger partial charge in [-0.3, -0.25) is 0 Å². The van der Waals surface area contributed by atoms with Gasteiger partial charge in [0.05, 0.1) is 0 Å². The highest BCUT2D eigenvalue weighted by Crippen LogP contribution is 2.32. The smallest absolute Gasteiger partial charge is 0.333 e. The predicted molar refractivity (Wildman–Crippen MR) is 81.3 cm³/mol. The van der Waals surface area contributed by atoms with Gasteiger partial charge in [-0.1, -0.05) is 41.9 Å². The number of aliphatic hydroxyl groups is 1. The molecule has 2 N–H and O–H groups in total. The minimum atomic E-state index is -1.36. The summed E-state index contributed by atoms with van der Waals surface area (Å²) in [5, 5.41) is 18.7. The van der Waals surface area contributed by atoms with Crippen molar-refractivity contribution in [3.8, 4) is 11.1 Å². The number of hydrogen-bond acceptors (Lipinski definition) is 3. The van der Waals surface area contributed by atoms with E-state index in [1.165, 1.54) is 11.8 Å². The number of benzene rings is 2. The van der Waals surface area contributed by atoms with E-state index in [-0.39, 0.29) is 5.75 Å². The summed E-state index contributed by atoms with van der Waals surface area (Å²) < 4.78 is 0. The first kappa shape index (κ1) is 14.9. The number of aliphatic carboxylic acids is 1. The summed E-state index contributed by atoms with van der Waals surface area (Å²) in [6.07, 6.45) is -1.36. The lowest BCUT2D eigenvalue weighted by molar-refractivity contribution is -0.145. The number of carbonyl (C=O) groups is 1. The fraction of sp³-hybridized carbons (Fsp3) is 0.133. The van der Waals surface area contributed by atoms with E-state index in [9.17, 15) is 9.90 Å². The van der Waals surface area contributed by atoms with Crippen LogP contribution in [0.15, 0.2) is 53.4 Å². The van der Waals surface area contributed by atoms with E-state index in [1.807, 2.05) is 48.5 Å². The molecule has 104 valence electrons. The van der Waals surface area contributed by atoms with Crippen LogP contribution in [-0.2, 0) is 4.79 Å². The standard InChI is InChI=1S/C15H13ClO3S/c16-11-7-5-10(6-8-11)12-3-1-2-4-14(12)20-9-13(17)15(18)19/h1-8,13,17H,9H2,(H,18,19). The highest BCUT2D eigenvalue weighted by Gasteiger charge is 2.14. The maximum atomic E-state index is 10.6. The summed E-state index contributed by atoms with van der Waals surface area (Å²) in [5.74, 6) is -1.10. The van der Waals surface area contributed by atoms with Gasteiger partial charge in [0, 0.05) is 15.7 Å². The molecule has 0 fully saturated rings. The fourth-order valence-electron chi connectivity index (χ4n) is 1.70. The van der Waals surface area contributed by atoms with Crippen LogP contribution < -0.4 is 0 Å². The summed E-state index contributed by atoms with van der Waals surface area (Å²) in [6.45, 7) is 0. The van der Waals surface area contributed by atoms with Crippen LogP contribution in [-0.4, -0.2) is 28.0 Å². The van der Waals surface area contributed by atoms with Crippen molar-refractivity contribution in [1.82, 2.24) is 0 Å². The zero-order valence-electron chi connectivity index (χ0n) is 10.5. The van der Waals surface area contributed by atoms with Crippen LogP contribution in [0, 0.1) is 0 Å². The molecule has 0 bridgehead atoms. The lowest BCUT2D eigenvalue weighted by atomic mass is 10.1. The quantitative estimate of drug-likeness (QED) is 0.829. The lowest BCUT2D eigenvalue weighted by Crippen LogP contribution is -2.21. The van der Waals surface area contributed by atoms with Gasteiger partial charge in [0.15, 0.2) is 6.10 Å². The summed E-state index contributed by atoms with van der Waals surface area (Å²) in [6, 6.07) is 15.1. The minimum Gasteiger partial charge on any atom is -0.479 e. The number of aliphatic hydroxyl groups excluding tert-OH is 1. The largest absolute Gasteiger partial charge is 0.479 e. The molecule has 0 amide bonds. The van der Waals surface area contributed by atoms with Gasteiger partial charge in [0.25, 0.3) is 0 Å². The van der Waals surface area contributed by atoms with Gasteiger partial charge in [0.1, 0.15) is 0 Å². The molecular weight excluding hydrogens is 296 g/mol. The van der Waals surface area contributed by atoms with Crippen molar-refractivity contribution < 1.29 is 15.0 Å². The Kier molecular flexibility index (Phi) is 5.06. The van der Waals surface area contributed by atoms with E-state index >= 15 is 0 Å². The Balaban J connectivity index is 2.22. The minimum absolute atomic E-state index is 0.111. The number of hydrogen-bond donors (Lipinski definition) is 2. The van der Waals surface area contributed by atoms with E-state index in [0.717, 1.165) is 16.0 Å². The first-order chi connectivity index (χ1) is 9.58. The molecule has 0 saturated carbocycles. The molecule has 5 heteroatoms. The second-order valence-electron chi connectivity index (χ2n) is 4.17. The van der Waals surface area contributed by atoms with Gasteiger partial charge < -0.3 is 10.2 Å². The highest BCUT2D eigenvalue weighted by molar-refractivity contribution is 7.99. The Hall–Kier alpha value is -1.49. The first-order valence-electron chi connectivity index (χ1n) is 5.96. The number of thioether (sulfide) groups is 1. The van der Waals surface area contributed by atoms with Crippen LogP contribution in [0.3, 0.4) is 0 Å². The van der Waals surface area contributed by atoms with E-state index in [0.29, 0.717) is 5.02 Å². The van der Waals surface area contributed by atoms with Crippen molar-refractivity contribution in [2.45, 2.75) is 11.0 Å². The molecular formula is C15H13ClO3S. The number of halogens is 1. The summed E-state index contributed by atoms with van der Waals surface area (Å²) in [5.41, 5.74) is 1.99. The zero-order chi connectivity index (χ0) is 14.5. The van der Waals surface area contributed by atoms with Crippen molar-refractivity contribution >= 4 is 29.3 Å². The molecule has 2 rings (SSSR count). The summed E-state index contributed by atoms with van der Waals surface area (Å²) in [7, 11) is 0. The van der Waals surface area contributed by atoms with E-state index in [1.54, 1.807) is 0 Å². The Morgan fingerprint density at radius 2 is 1.80 bits per heavy atom.